The van der Waals surface area contributed by atoms with E-state index in [4.69, 9.17) is 9.47 Å². The number of carbonyl (C=O) groups is 1. The van der Waals surface area contributed by atoms with Crippen molar-refractivity contribution in [3.63, 3.8) is 0 Å². The van der Waals surface area contributed by atoms with E-state index in [0.29, 0.717) is 37.6 Å². The highest BCUT2D eigenvalue weighted by molar-refractivity contribution is 5.74. The highest BCUT2D eigenvalue weighted by Gasteiger charge is 2.10. The Balaban J connectivity index is 2.54. The molecule has 0 aromatic heterocycles. The molecular weight excluding hydrogens is 280 g/mol. The van der Waals surface area contributed by atoms with E-state index in [1.165, 1.54) is 0 Å². The summed E-state index contributed by atoms with van der Waals surface area (Å²) >= 11 is 0. The molecule has 0 unspecified atom stereocenters. The van der Waals surface area contributed by atoms with Gasteiger partial charge in [0, 0.05) is 19.6 Å². The molecule has 0 aliphatic rings. The summed E-state index contributed by atoms with van der Waals surface area (Å²) in [5, 5.41) is 2.89. The van der Waals surface area contributed by atoms with Crippen molar-refractivity contribution in [2.24, 2.45) is 0 Å². The first-order chi connectivity index (χ1) is 10.7. The zero-order valence-corrected chi connectivity index (χ0v) is 13.3. The van der Waals surface area contributed by atoms with Crippen LogP contribution in [-0.4, -0.2) is 44.8 Å². The second-order valence-electron chi connectivity index (χ2n) is 4.65. The highest BCUT2D eigenvalue weighted by Crippen LogP contribution is 2.27. The Hall–Kier alpha value is -2.43. The van der Waals surface area contributed by atoms with Gasteiger partial charge in [0.15, 0.2) is 11.5 Å². The zero-order chi connectivity index (χ0) is 16.4. The molecule has 2 amide bonds. The standard InChI is InChI=1S/C17H24N2O3/c1-5-11-19(12-6-2)17(20)18-10-9-14-7-8-15(21-3)16(13-14)22-4/h5-8,13H,1-2,9-12H2,3-4H3,(H,18,20). The Kier molecular flexibility index (Phi) is 7.61. The number of nitrogens with zero attached hydrogens (tertiary/aromatic N) is 1. The minimum atomic E-state index is -0.125. The maximum absolute atomic E-state index is 12.0. The largest absolute Gasteiger partial charge is 0.493 e. The molecule has 5 heteroatoms. The summed E-state index contributed by atoms with van der Waals surface area (Å²) in [4.78, 5) is 13.6. The van der Waals surface area contributed by atoms with Gasteiger partial charge in [-0.05, 0) is 24.1 Å². The van der Waals surface area contributed by atoms with Crippen molar-refractivity contribution >= 4 is 6.03 Å². The van der Waals surface area contributed by atoms with Gasteiger partial charge in [-0.3, -0.25) is 0 Å². The van der Waals surface area contributed by atoms with Crippen LogP contribution in [0, 0.1) is 0 Å². The summed E-state index contributed by atoms with van der Waals surface area (Å²) in [6.45, 7) is 8.82. The average Bonchev–Trinajstić information content (AvgIpc) is 2.54. The summed E-state index contributed by atoms with van der Waals surface area (Å²) in [7, 11) is 3.21. The van der Waals surface area contributed by atoms with Gasteiger partial charge in [0.2, 0.25) is 0 Å². The van der Waals surface area contributed by atoms with Crippen LogP contribution in [0.5, 0.6) is 11.5 Å². The predicted octanol–water partition coefficient (Wildman–Crippen LogP) is 2.63. The molecule has 0 aliphatic carbocycles. The SMILES string of the molecule is C=CCN(CC=C)C(=O)NCCc1ccc(OC)c(OC)c1. The Morgan fingerprint density at radius 3 is 2.36 bits per heavy atom. The highest BCUT2D eigenvalue weighted by atomic mass is 16.5. The van der Waals surface area contributed by atoms with E-state index in [-0.39, 0.29) is 6.03 Å². The fourth-order valence-corrected chi connectivity index (χ4v) is 2.01. The van der Waals surface area contributed by atoms with E-state index in [1.54, 1.807) is 31.3 Å². The number of hydrogen-bond acceptors (Lipinski definition) is 3. The quantitative estimate of drug-likeness (QED) is 0.714. The van der Waals surface area contributed by atoms with Gasteiger partial charge in [0.1, 0.15) is 0 Å². The van der Waals surface area contributed by atoms with Gasteiger partial charge in [-0.15, -0.1) is 13.2 Å². The van der Waals surface area contributed by atoms with Crippen molar-refractivity contribution in [3.8, 4) is 11.5 Å². The molecule has 120 valence electrons. The number of ether oxygens (including phenoxy) is 2. The van der Waals surface area contributed by atoms with Gasteiger partial charge in [-0.1, -0.05) is 18.2 Å². The smallest absolute Gasteiger partial charge is 0.317 e. The number of methoxy groups -OCH3 is 2. The van der Waals surface area contributed by atoms with E-state index < -0.39 is 0 Å². The van der Waals surface area contributed by atoms with E-state index in [9.17, 15) is 4.79 Å². The predicted molar refractivity (Wildman–Crippen MR) is 88.6 cm³/mol. The van der Waals surface area contributed by atoms with Crippen molar-refractivity contribution in [2.75, 3.05) is 33.9 Å². The lowest BCUT2D eigenvalue weighted by atomic mass is 10.1. The molecule has 0 atom stereocenters. The first-order valence-electron chi connectivity index (χ1n) is 7.11. The van der Waals surface area contributed by atoms with E-state index in [2.05, 4.69) is 18.5 Å². The third kappa shape index (κ3) is 5.16. The molecule has 0 bridgehead atoms. The maximum Gasteiger partial charge on any atom is 0.317 e. The molecule has 0 saturated carbocycles. The fourth-order valence-electron chi connectivity index (χ4n) is 2.01. The molecule has 1 rings (SSSR count). The van der Waals surface area contributed by atoms with E-state index in [0.717, 1.165) is 5.56 Å². The monoisotopic (exact) mass is 304 g/mol. The number of hydrogen-bond donors (Lipinski definition) is 1. The number of urea groups is 1. The molecule has 5 nitrogen and oxygen atoms in total. The van der Waals surface area contributed by atoms with E-state index >= 15 is 0 Å². The van der Waals surface area contributed by atoms with Crippen LogP contribution < -0.4 is 14.8 Å². The molecule has 0 aliphatic heterocycles. The van der Waals surface area contributed by atoms with Crippen LogP contribution >= 0.6 is 0 Å². The molecule has 1 N–H and O–H groups in total. The Morgan fingerprint density at radius 1 is 1.18 bits per heavy atom. The Bertz CT molecular complexity index is 505. The van der Waals surface area contributed by atoms with Gasteiger partial charge in [0.25, 0.3) is 0 Å². The first kappa shape index (κ1) is 17.6. The molecule has 0 radical (unpaired) electrons. The molecular formula is C17H24N2O3. The lowest BCUT2D eigenvalue weighted by Gasteiger charge is -2.19. The first-order valence-corrected chi connectivity index (χ1v) is 7.11. The number of benzene rings is 1. The molecule has 0 spiro atoms. The van der Waals surface area contributed by atoms with Gasteiger partial charge in [0.05, 0.1) is 14.2 Å². The topological polar surface area (TPSA) is 50.8 Å². The summed E-state index contributed by atoms with van der Waals surface area (Å²) in [6, 6.07) is 5.60. The van der Waals surface area contributed by atoms with Gasteiger partial charge >= 0.3 is 6.03 Å². The van der Waals surface area contributed by atoms with Crippen LogP contribution in [0.25, 0.3) is 0 Å². The van der Waals surface area contributed by atoms with Crippen LogP contribution in [0.4, 0.5) is 4.79 Å². The lowest BCUT2D eigenvalue weighted by Crippen LogP contribution is -2.40. The number of amides is 2. The van der Waals surface area contributed by atoms with Crippen LogP contribution in [0.2, 0.25) is 0 Å². The summed E-state index contributed by atoms with van der Waals surface area (Å²) in [6.07, 6.45) is 4.09. The van der Waals surface area contributed by atoms with Gasteiger partial charge in [-0.2, -0.15) is 0 Å². The Morgan fingerprint density at radius 2 is 1.82 bits per heavy atom. The van der Waals surface area contributed by atoms with Gasteiger partial charge in [-0.25, -0.2) is 4.79 Å². The molecule has 1 aromatic rings. The maximum atomic E-state index is 12.0. The third-order valence-electron chi connectivity index (χ3n) is 3.12. The second-order valence-corrected chi connectivity index (χ2v) is 4.65. The third-order valence-corrected chi connectivity index (χ3v) is 3.12. The van der Waals surface area contributed by atoms with Crippen molar-refractivity contribution in [2.45, 2.75) is 6.42 Å². The molecule has 0 saturated heterocycles. The number of carbonyl (C=O) groups excluding carboxylic acids is 1. The second kappa shape index (κ2) is 9.50. The van der Waals surface area contributed by atoms with Gasteiger partial charge < -0.3 is 19.7 Å². The minimum Gasteiger partial charge on any atom is -0.493 e. The normalized spacial score (nSPS) is 9.73. The molecule has 1 aromatic carbocycles. The van der Waals surface area contributed by atoms with Crippen LogP contribution in [0.3, 0.4) is 0 Å². The molecule has 0 fully saturated rings. The van der Waals surface area contributed by atoms with Crippen LogP contribution in [0.1, 0.15) is 5.56 Å². The summed E-state index contributed by atoms with van der Waals surface area (Å²) in [5.74, 6) is 1.38. The Labute approximate surface area is 132 Å². The number of nitrogens with one attached hydrogen (secondary N) is 1. The van der Waals surface area contributed by atoms with Crippen molar-refractivity contribution in [1.82, 2.24) is 10.2 Å². The molecule has 22 heavy (non-hydrogen) atoms. The van der Waals surface area contributed by atoms with Crippen LogP contribution in [-0.2, 0) is 6.42 Å². The van der Waals surface area contributed by atoms with Crippen molar-refractivity contribution < 1.29 is 14.3 Å². The number of rotatable bonds is 9. The average molecular weight is 304 g/mol. The molecule has 0 heterocycles. The van der Waals surface area contributed by atoms with E-state index in [1.807, 2.05) is 18.2 Å². The summed E-state index contributed by atoms with van der Waals surface area (Å²) < 4.78 is 10.5. The fraction of sp³-hybridized carbons (Fsp3) is 0.353. The zero-order valence-electron chi connectivity index (χ0n) is 13.3. The minimum absolute atomic E-state index is 0.125. The van der Waals surface area contributed by atoms with Crippen molar-refractivity contribution in [1.29, 1.82) is 0 Å². The summed E-state index contributed by atoms with van der Waals surface area (Å²) in [5.41, 5.74) is 1.07. The van der Waals surface area contributed by atoms with Crippen LogP contribution in [0.15, 0.2) is 43.5 Å². The lowest BCUT2D eigenvalue weighted by molar-refractivity contribution is 0.208. The van der Waals surface area contributed by atoms with Crippen molar-refractivity contribution in [3.05, 3.63) is 49.1 Å².